The van der Waals surface area contributed by atoms with Crippen LogP contribution in [0.5, 0.6) is 0 Å². The van der Waals surface area contributed by atoms with E-state index >= 15 is 0 Å². The summed E-state index contributed by atoms with van der Waals surface area (Å²) >= 11 is 0. The quantitative estimate of drug-likeness (QED) is 0.290. The summed E-state index contributed by atoms with van der Waals surface area (Å²) in [5, 5.41) is 0. The zero-order valence-corrected chi connectivity index (χ0v) is 21.2. The van der Waals surface area contributed by atoms with Crippen LogP contribution in [-0.4, -0.2) is 19.9 Å². The van der Waals surface area contributed by atoms with Crippen LogP contribution in [0.25, 0.3) is 0 Å². The van der Waals surface area contributed by atoms with Crippen molar-refractivity contribution in [1.82, 2.24) is 19.9 Å². The topological polar surface area (TPSA) is 85.7 Å². The molecular weight excluding hydrogens is 486 g/mol. The highest BCUT2D eigenvalue weighted by Gasteiger charge is 2.32. The third-order valence-corrected chi connectivity index (χ3v) is 11.5. The molecule has 4 heterocycles. The fraction of sp³-hybridized carbons (Fsp3) is 0.0714. The van der Waals surface area contributed by atoms with Gasteiger partial charge >= 0.3 is 0 Å². The standard InChI is InChI=1S/C28H24N4O2P2/c33-35(25-12-1-5-16-29-25,26-13-2-6-17-30-26)21-23-10-9-11-24(20-23)22-36(34,27-14-3-7-18-31-27)28-15-4-8-19-32-28/h1-20H,21-22H2. The Morgan fingerprint density at radius 3 is 1.06 bits per heavy atom. The van der Waals surface area contributed by atoms with Crippen molar-refractivity contribution >= 4 is 36.0 Å². The first-order valence-electron chi connectivity index (χ1n) is 11.5. The predicted octanol–water partition coefficient (Wildman–Crippen LogP) is 4.29. The summed E-state index contributed by atoms with van der Waals surface area (Å²) in [5.41, 5.74) is 3.79. The van der Waals surface area contributed by atoms with Crippen LogP contribution in [-0.2, 0) is 21.5 Å². The Hall–Kier alpha value is -3.72. The number of benzene rings is 1. The number of nitrogens with zero attached hydrogens (tertiary/aromatic N) is 4. The van der Waals surface area contributed by atoms with Gasteiger partial charge in [-0.2, -0.15) is 0 Å². The molecule has 8 heteroatoms. The van der Waals surface area contributed by atoms with Gasteiger partial charge in [-0.05, 0) is 59.7 Å². The van der Waals surface area contributed by atoms with E-state index in [-0.39, 0.29) is 12.3 Å². The first-order chi connectivity index (χ1) is 17.6. The van der Waals surface area contributed by atoms with Crippen LogP contribution < -0.4 is 21.7 Å². The molecule has 178 valence electrons. The maximum absolute atomic E-state index is 14.4. The number of hydrogen-bond donors (Lipinski definition) is 0. The SMILES string of the molecule is O=P(Cc1cccc(CP(=O)(c2ccccn2)c2ccccn2)c1)(c1ccccn1)c1ccccn1. The molecule has 0 saturated carbocycles. The highest BCUT2D eigenvalue weighted by Crippen LogP contribution is 2.48. The summed E-state index contributed by atoms with van der Waals surface area (Å²) in [7, 11) is -6.30. The van der Waals surface area contributed by atoms with Crippen LogP contribution in [0.1, 0.15) is 11.1 Å². The van der Waals surface area contributed by atoms with Crippen LogP contribution in [0.15, 0.2) is 122 Å². The maximum atomic E-state index is 14.4. The first kappa shape index (κ1) is 24.0. The van der Waals surface area contributed by atoms with Crippen molar-refractivity contribution in [2.45, 2.75) is 12.3 Å². The average molecular weight is 510 g/mol. The molecule has 6 nitrogen and oxygen atoms in total. The van der Waals surface area contributed by atoms with Crippen molar-refractivity contribution in [1.29, 1.82) is 0 Å². The number of rotatable bonds is 8. The number of hydrogen-bond acceptors (Lipinski definition) is 6. The van der Waals surface area contributed by atoms with Gasteiger partial charge in [-0.15, -0.1) is 0 Å². The molecule has 0 unspecified atom stereocenters. The number of aromatic nitrogens is 4. The van der Waals surface area contributed by atoms with Gasteiger partial charge in [-0.3, -0.25) is 19.9 Å². The molecule has 1 aromatic carbocycles. The molecule has 5 aromatic rings. The second kappa shape index (κ2) is 10.5. The Morgan fingerprint density at radius 2 is 0.778 bits per heavy atom. The van der Waals surface area contributed by atoms with Gasteiger partial charge in [0.2, 0.25) is 0 Å². The van der Waals surface area contributed by atoms with E-state index in [1.165, 1.54) is 0 Å². The van der Waals surface area contributed by atoms with Crippen LogP contribution in [0.4, 0.5) is 0 Å². The van der Waals surface area contributed by atoms with Crippen LogP contribution in [0.3, 0.4) is 0 Å². The van der Waals surface area contributed by atoms with Crippen LogP contribution in [0, 0.1) is 0 Å². The summed E-state index contributed by atoms with van der Waals surface area (Å²) in [6, 6.07) is 29.5. The molecular formula is C28H24N4O2P2. The molecule has 0 aliphatic heterocycles. The number of pyridine rings is 4. The Morgan fingerprint density at radius 1 is 0.444 bits per heavy atom. The molecule has 4 aromatic heterocycles. The third-order valence-electron chi connectivity index (χ3n) is 5.88. The lowest BCUT2D eigenvalue weighted by atomic mass is 10.2. The smallest absolute Gasteiger partial charge is 0.182 e. The first-order valence-corrected chi connectivity index (χ1v) is 15.3. The highest BCUT2D eigenvalue weighted by molar-refractivity contribution is 7.78. The van der Waals surface area contributed by atoms with E-state index in [0.717, 1.165) is 11.1 Å². The lowest BCUT2D eigenvalue weighted by molar-refractivity contribution is 0.585. The molecule has 0 radical (unpaired) electrons. The van der Waals surface area contributed by atoms with Gasteiger partial charge in [-0.25, -0.2) is 0 Å². The van der Waals surface area contributed by atoms with Gasteiger partial charge in [0.25, 0.3) is 0 Å². The molecule has 0 fully saturated rings. The fourth-order valence-corrected chi connectivity index (χ4v) is 9.03. The molecule has 0 saturated heterocycles. The zero-order chi connectivity index (χ0) is 24.8. The molecule has 0 aliphatic carbocycles. The molecule has 0 spiro atoms. The monoisotopic (exact) mass is 510 g/mol. The van der Waals surface area contributed by atoms with Gasteiger partial charge in [-0.1, -0.05) is 48.5 Å². The molecule has 0 aliphatic rings. The Balaban J connectivity index is 1.53. The van der Waals surface area contributed by atoms with Crippen LogP contribution >= 0.6 is 14.3 Å². The van der Waals surface area contributed by atoms with Gasteiger partial charge in [0.1, 0.15) is 21.7 Å². The highest BCUT2D eigenvalue weighted by atomic mass is 31.2. The van der Waals surface area contributed by atoms with Gasteiger partial charge in [0, 0.05) is 37.1 Å². The van der Waals surface area contributed by atoms with Crippen molar-refractivity contribution in [3.63, 3.8) is 0 Å². The van der Waals surface area contributed by atoms with Crippen molar-refractivity contribution < 1.29 is 9.13 Å². The van der Waals surface area contributed by atoms with E-state index < -0.39 is 14.3 Å². The predicted molar refractivity (Wildman–Crippen MR) is 145 cm³/mol. The molecule has 0 bridgehead atoms. The van der Waals surface area contributed by atoms with Crippen molar-refractivity contribution in [3.8, 4) is 0 Å². The third kappa shape index (κ3) is 4.97. The van der Waals surface area contributed by atoms with E-state index in [2.05, 4.69) is 19.9 Å². The Kier molecular flexibility index (Phi) is 6.99. The van der Waals surface area contributed by atoms with Gasteiger partial charge in [0.15, 0.2) is 14.3 Å². The van der Waals surface area contributed by atoms with Gasteiger partial charge in [0.05, 0.1) is 0 Å². The Labute approximate surface area is 210 Å². The fourth-order valence-electron chi connectivity index (χ4n) is 4.17. The average Bonchev–Trinajstić information content (AvgIpc) is 2.95. The van der Waals surface area contributed by atoms with Crippen molar-refractivity contribution in [2.75, 3.05) is 0 Å². The minimum atomic E-state index is -3.15. The van der Waals surface area contributed by atoms with E-state index in [9.17, 15) is 9.13 Å². The second-order valence-electron chi connectivity index (χ2n) is 8.37. The van der Waals surface area contributed by atoms with Crippen LogP contribution in [0.2, 0.25) is 0 Å². The summed E-state index contributed by atoms with van der Waals surface area (Å²) in [6.45, 7) is 0. The summed E-state index contributed by atoms with van der Waals surface area (Å²) in [5.74, 6) is 0. The zero-order valence-electron chi connectivity index (χ0n) is 19.5. The Bertz CT molecular complexity index is 1330. The van der Waals surface area contributed by atoms with E-state index in [1.807, 2.05) is 48.5 Å². The van der Waals surface area contributed by atoms with Crippen molar-refractivity contribution in [3.05, 3.63) is 133 Å². The second-order valence-corrected chi connectivity index (χ2v) is 13.8. The van der Waals surface area contributed by atoms with E-state index in [4.69, 9.17) is 0 Å². The molecule has 0 atom stereocenters. The summed E-state index contributed by atoms with van der Waals surface area (Å²) < 4.78 is 28.9. The largest absolute Gasteiger partial charge is 0.310 e. The lowest BCUT2D eigenvalue weighted by Gasteiger charge is -2.19. The minimum Gasteiger partial charge on any atom is -0.310 e. The lowest BCUT2D eigenvalue weighted by Crippen LogP contribution is -2.23. The van der Waals surface area contributed by atoms with Gasteiger partial charge < -0.3 is 9.13 Å². The van der Waals surface area contributed by atoms with Crippen molar-refractivity contribution in [2.24, 2.45) is 0 Å². The summed E-state index contributed by atoms with van der Waals surface area (Å²) in [4.78, 5) is 17.7. The van der Waals surface area contributed by atoms with E-state index in [0.29, 0.717) is 21.7 Å². The minimum absolute atomic E-state index is 0.256. The maximum Gasteiger partial charge on any atom is 0.182 e. The normalized spacial score (nSPS) is 11.8. The molecule has 5 rings (SSSR count). The van der Waals surface area contributed by atoms with E-state index in [1.54, 1.807) is 73.3 Å². The molecule has 0 N–H and O–H groups in total. The molecule has 36 heavy (non-hydrogen) atoms. The summed E-state index contributed by atoms with van der Waals surface area (Å²) in [6.07, 6.45) is 7.11. The molecule has 0 amide bonds.